The van der Waals surface area contributed by atoms with Gasteiger partial charge in [-0.25, -0.2) is 0 Å². The van der Waals surface area contributed by atoms with Crippen LogP contribution in [0.1, 0.15) is 39.3 Å². The fourth-order valence-corrected chi connectivity index (χ4v) is 0.953. The highest BCUT2D eigenvalue weighted by molar-refractivity contribution is 5.52. The predicted molar refractivity (Wildman–Crippen MR) is 64.0 cm³/mol. The van der Waals surface area contributed by atoms with Gasteiger partial charge in [0.2, 0.25) is 0 Å². The van der Waals surface area contributed by atoms with Gasteiger partial charge in [-0.1, -0.05) is 57.7 Å². The van der Waals surface area contributed by atoms with Crippen molar-refractivity contribution in [3.63, 3.8) is 0 Å². The zero-order valence-electron chi connectivity index (χ0n) is 8.46. The number of hydrogen-bond acceptors (Lipinski definition) is 0. The first-order valence-corrected chi connectivity index (χ1v) is 4.53. The third-order valence-corrected chi connectivity index (χ3v) is 1.53. The third kappa shape index (κ3) is 5.24. The summed E-state index contributed by atoms with van der Waals surface area (Å²) in [6.45, 7) is 8.15. The molecule has 1 aromatic rings. The number of allylic oxidation sites excluding steroid dienone is 1. The van der Waals surface area contributed by atoms with Crippen molar-refractivity contribution in [2.45, 2.75) is 35.1 Å². The van der Waals surface area contributed by atoms with Crippen LogP contribution in [0.3, 0.4) is 0 Å². The van der Waals surface area contributed by atoms with Gasteiger partial charge in [-0.05, 0) is 25.0 Å². The standard InChI is InChI=1S/C10H12.C2H6.CH4/c1-3-6-10-8-5-4-7-9(10)2;1-2;/h3-8H,1-2H3;1-2H3;1H4/b6-3-;;. The first-order chi connectivity index (χ1) is 5.84. The maximum Gasteiger partial charge on any atom is -0.0231 e. The summed E-state index contributed by atoms with van der Waals surface area (Å²) < 4.78 is 0. The highest BCUT2D eigenvalue weighted by atomic mass is 13.9. The lowest BCUT2D eigenvalue weighted by Gasteiger charge is -1.96. The van der Waals surface area contributed by atoms with E-state index < -0.39 is 0 Å². The molecule has 0 saturated heterocycles. The molecule has 0 radical (unpaired) electrons. The fraction of sp³-hybridized carbons (Fsp3) is 0.385. The molecule has 0 aliphatic carbocycles. The van der Waals surface area contributed by atoms with Gasteiger partial charge in [0, 0.05) is 0 Å². The highest BCUT2D eigenvalue weighted by Gasteiger charge is 1.87. The van der Waals surface area contributed by atoms with Crippen molar-refractivity contribution in [3.05, 3.63) is 41.5 Å². The molecule has 0 amide bonds. The van der Waals surface area contributed by atoms with Gasteiger partial charge in [-0.15, -0.1) is 0 Å². The Bertz CT molecular complexity index is 234. The van der Waals surface area contributed by atoms with Gasteiger partial charge in [0.15, 0.2) is 0 Å². The smallest absolute Gasteiger partial charge is 0.0231 e. The van der Waals surface area contributed by atoms with E-state index in [-0.39, 0.29) is 7.43 Å². The molecule has 13 heavy (non-hydrogen) atoms. The first kappa shape index (κ1) is 14.5. The van der Waals surface area contributed by atoms with Crippen LogP contribution in [0.15, 0.2) is 30.3 Å². The summed E-state index contributed by atoms with van der Waals surface area (Å²) in [5, 5.41) is 0. The van der Waals surface area contributed by atoms with E-state index in [2.05, 4.69) is 43.3 Å². The van der Waals surface area contributed by atoms with Crippen molar-refractivity contribution in [2.75, 3.05) is 0 Å². The van der Waals surface area contributed by atoms with E-state index in [1.54, 1.807) is 0 Å². The van der Waals surface area contributed by atoms with Crippen molar-refractivity contribution < 1.29 is 0 Å². The molecule has 0 heteroatoms. The largest absolute Gasteiger partial charge is 0.0871 e. The van der Waals surface area contributed by atoms with Crippen molar-refractivity contribution in [1.82, 2.24) is 0 Å². The molecule has 0 N–H and O–H groups in total. The molecule has 0 aliphatic rings. The van der Waals surface area contributed by atoms with Gasteiger partial charge in [-0.3, -0.25) is 0 Å². The van der Waals surface area contributed by atoms with Gasteiger partial charge in [0.25, 0.3) is 0 Å². The van der Waals surface area contributed by atoms with Crippen LogP contribution in [0, 0.1) is 6.92 Å². The number of benzene rings is 1. The molecule has 0 heterocycles. The monoisotopic (exact) mass is 178 g/mol. The quantitative estimate of drug-likeness (QED) is 0.585. The second-order valence-corrected chi connectivity index (χ2v) is 2.36. The molecule has 1 rings (SSSR count). The molecule has 0 bridgehead atoms. The van der Waals surface area contributed by atoms with E-state index in [9.17, 15) is 0 Å². The molecule has 0 fully saturated rings. The van der Waals surface area contributed by atoms with Crippen LogP contribution in [0.25, 0.3) is 6.08 Å². The molecular formula is C13H22. The summed E-state index contributed by atoms with van der Waals surface area (Å²) in [6, 6.07) is 8.36. The summed E-state index contributed by atoms with van der Waals surface area (Å²) in [4.78, 5) is 0. The Morgan fingerprint density at radius 3 is 2.08 bits per heavy atom. The zero-order chi connectivity index (χ0) is 9.40. The van der Waals surface area contributed by atoms with Crippen molar-refractivity contribution in [2.24, 2.45) is 0 Å². The topological polar surface area (TPSA) is 0 Å². The molecule has 0 spiro atoms. The fourth-order valence-electron chi connectivity index (χ4n) is 0.953. The van der Waals surface area contributed by atoms with Crippen LogP contribution in [0.4, 0.5) is 0 Å². The van der Waals surface area contributed by atoms with E-state index in [0.717, 1.165) is 0 Å². The van der Waals surface area contributed by atoms with Crippen molar-refractivity contribution in [1.29, 1.82) is 0 Å². The van der Waals surface area contributed by atoms with E-state index in [0.29, 0.717) is 0 Å². The maximum atomic E-state index is 2.12. The molecule has 0 saturated carbocycles. The predicted octanol–water partition coefficient (Wildman–Crippen LogP) is 4.69. The Labute approximate surface area is 83.3 Å². The Hall–Kier alpha value is -1.04. The normalized spacial score (nSPS) is 8.62. The van der Waals surface area contributed by atoms with E-state index in [4.69, 9.17) is 0 Å². The Morgan fingerprint density at radius 1 is 1.08 bits per heavy atom. The van der Waals surface area contributed by atoms with Gasteiger partial charge in [0.1, 0.15) is 0 Å². The Kier molecular flexibility index (Phi) is 10.1. The zero-order valence-corrected chi connectivity index (χ0v) is 8.46. The maximum absolute atomic E-state index is 2.12. The molecule has 74 valence electrons. The summed E-state index contributed by atoms with van der Waals surface area (Å²) in [5.74, 6) is 0. The average Bonchev–Trinajstić information content (AvgIpc) is 2.13. The van der Waals surface area contributed by atoms with Crippen LogP contribution in [0.2, 0.25) is 0 Å². The van der Waals surface area contributed by atoms with E-state index in [1.165, 1.54) is 11.1 Å². The van der Waals surface area contributed by atoms with Crippen LogP contribution in [-0.4, -0.2) is 0 Å². The minimum Gasteiger partial charge on any atom is -0.0871 e. The van der Waals surface area contributed by atoms with Crippen molar-refractivity contribution in [3.8, 4) is 0 Å². The molecule has 0 atom stereocenters. The minimum atomic E-state index is 0. The summed E-state index contributed by atoms with van der Waals surface area (Å²) in [6.07, 6.45) is 4.18. The van der Waals surface area contributed by atoms with Crippen molar-refractivity contribution >= 4 is 6.08 Å². The number of rotatable bonds is 1. The molecule has 0 nitrogen and oxygen atoms in total. The lowest BCUT2D eigenvalue weighted by Crippen LogP contribution is -1.76. The first-order valence-electron chi connectivity index (χ1n) is 4.53. The molecule has 0 unspecified atom stereocenters. The molecular weight excluding hydrogens is 156 g/mol. The molecule has 0 aromatic heterocycles. The lowest BCUT2D eigenvalue weighted by molar-refractivity contribution is 1.44. The second kappa shape index (κ2) is 9.05. The third-order valence-electron chi connectivity index (χ3n) is 1.53. The van der Waals surface area contributed by atoms with Crippen LogP contribution in [-0.2, 0) is 0 Å². The Balaban J connectivity index is 0. The summed E-state index contributed by atoms with van der Waals surface area (Å²) in [5.41, 5.74) is 2.64. The summed E-state index contributed by atoms with van der Waals surface area (Å²) in [7, 11) is 0. The van der Waals surface area contributed by atoms with Gasteiger partial charge in [0.05, 0.1) is 0 Å². The molecule has 1 aromatic carbocycles. The lowest BCUT2D eigenvalue weighted by atomic mass is 10.1. The number of hydrogen-bond donors (Lipinski definition) is 0. The average molecular weight is 178 g/mol. The second-order valence-electron chi connectivity index (χ2n) is 2.36. The molecule has 0 aliphatic heterocycles. The highest BCUT2D eigenvalue weighted by Crippen LogP contribution is 2.07. The SMILES string of the molecule is C.C/C=C\c1ccccc1C.CC. The minimum absolute atomic E-state index is 0. The van der Waals surface area contributed by atoms with Crippen LogP contribution in [0.5, 0.6) is 0 Å². The van der Waals surface area contributed by atoms with Gasteiger partial charge >= 0.3 is 0 Å². The van der Waals surface area contributed by atoms with Crippen LogP contribution < -0.4 is 0 Å². The van der Waals surface area contributed by atoms with E-state index in [1.807, 2.05) is 20.8 Å². The van der Waals surface area contributed by atoms with Crippen LogP contribution >= 0.6 is 0 Å². The Morgan fingerprint density at radius 2 is 1.62 bits per heavy atom. The summed E-state index contributed by atoms with van der Waals surface area (Å²) >= 11 is 0. The van der Waals surface area contributed by atoms with Gasteiger partial charge < -0.3 is 0 Å². The van der Waals surface area contributed by atoms with E-state index >= 15 is 0 Å². The van der Waals surface area contributed by atoms with Gasteiger partial charge in [-0.2, -0.15) is 0 Å². The number of aryl methyl sites for hydroxylation is 1.